The van der Waals surface area contributed by atoms with Crippen LogP contribution in [0, 0.1) is 15.9 Å². The number of piperazine rings is 1. The number of carbonyl (C=O) groups is 2. The molecular weight excluding hydrogens is 405 g/mol. The molecule has 1 amide bonds. The summed E-state index contributed by atoms with van der Waals surface area (Å²) < 4.78 is 18.6. The van der Waals surface area contributed by atoms with Crippen LogP contribution in [0.4, 0.5) is 10.1 Å². The van der Waals surface area contributed by atoms with E-state index in [1.54, 1.807) is 17.0 Å². The Kier molecular flexibility index (Phi) is 6.96. The first kappa shape index (κ1) is 22.4. The van der Waals surface area contributed by atoms with Crippen LogP contribution in [0.3, 0.4) is 0 Å². The molecule has 31 heavy (non-hydrogen) atoms. The van der Waals surface area contributed by atoms with Gasteiger partial charge in [-0.15, -0.1) is 0 Å². The van der Waals surface area contributed by atoms with Crippen LogP contribution in [0.5, 0.6) is 5.75 Å². The van der Waals surface area contributed by atoms with Gasteiger partial charge in [0.05, 0.1) is 4.92 Å². The molecule has 1 heterocycles. The first-order valence-corrected chi connectivity index (χ1v) is 9.93. The summed E-state index contributed by atoms with van der Waals surface area (Å²) in [5.74, 6) is -0.676. The SMILES string of the molecule is C[C@@H]1CN(C(=O)COc2cc(C=O)ccc2[N+](=O)[O-])[C@@H](C)CN1Cc1ccc(F)cc1. The van der Waals surface area contributed by atoms with Crippen LogP contribution in [-0.4, -0.2) is 58.7 Å². The van der Waals surface area contributed by atoms with E-state index in [1.165, 1.54) is 30.3 Å². The summed E-state index contributed by atoms with van der Waals surface area (Å²) in [5, 5.41) is 11.2. The third kappa shape index (κ3) is 5.43. The lowest BCUT2D eigenvalue weighted by molar-refractivity contribution is -0.385. The molecule has 0 aliphatic carbocycles. The molecule has 164 valence electrons. The van der Waals surface area contributed by atoms with Crippen molar-refractivity contribution in [2.75, 3.05) is 19.7 Å². The minimum atomic E-state index is -0.618. The number of hydrogen-bond donors (Lipinski definition) is 0. The average Bonchev–Trinajstić information content (AvgIpc) is 2.75. The number of carbonyl (C=O) groups excluding carboxylic acids is 2. The number of aldehydes is 1. The highest BCUT2D eigenvalue weighted by Crippen LogP contribution is 2.28. The Bertz CT molecular complexity index is 966. The third-order valence-electron chi connectivity index (χ3n) is 5.40. The normalized spacial score (nSPS) is 19.1. The van der Waals surface area contributed by atoms with Crippen LogP contribution < -0.4 is 4.74 Å². The highest BCUT2D eigenvalue weighted by Gasteiger charge is 2.32. The van der Waals surface area contributed by atoms with Crippen LogP contribution in [0.1, 0.15) is 29.8 Å². The summed E-state index contributed by atoms with van der Waals surface area (Å²) in [5.41, 5.74) is 0.916. The molecule has 1 fully saturated rings. The number of nitro groups is 1. The maximum absolute atomic E-state index is 13.1. The Labute approximate surface area is 179 Å². The molecule has 8 nitrogen and oxygen atoms in total. The zero-order valence-corrected chi connectivity index (χ0v) is 17.4. The highest BCUT2D eigenvalue weighted by molar-refractivity contribution is 5.79. The fourth-order valence-electron chi connectivity index (χ4n) is 3.68. The molecule has 0 saturated carbocycles. The maximum atomic E-state index is 13.1. The number of nitrogens with zero attached hydrogens (tertiary/aromatic N) is 3. The summed E-state index contributed by atoms with van der Waals surface area (Å²) in [6, 6.07) is 10.1. The number of amides is 1. The van der Waals surface area contributed by atoms with Gasteiger partial charge in [-0.05, 0) is 43.7 Å². The fraction of sp³-hybridized carbons (Fsp3) is 0.364. The molecule has 0 spiro atoms. The molecule has 2 aromatic rings. The Balaban J connectivity index is 1.62. The minimum Gasteiger partial charge on any atom is -0.477 e. The van der Waals surface area contributed by atoms with Crippen LogP contribution in [-0.2, 0) is 11.3 Å². The summed E-state index contributed by atoms with van der Waals surface area (Å²) >= 11 is 0. The van der Waals surface area contributed by atoms with E-state index in [4.69, 9.17) is 4.74 Å². The average molecular weight is 429 g/mol. The van der Waals surface area contributed by atoms with Crippen molar-refractivity contribution in [3.05, 3.63) is 69.5 Å². The molecule has 9 heteroatoms. The van der Waals surface area contributed by atoms with E-state index in [0.717, 1.165) is 5.56 Å². The topological polar surface area (TPSA) is 93.0 Å². The maximum Gasteiger partial charge on any atom is 0.310 e. The molecule has 3 rings (SSSR count). The number of rotatable bonds is 7. The van der Waals surface area contributed by atoms with Gasteiger partial charge in [0.15, 0.2) is 12.4 Å². The zero-order chi connectivity index (χ0) is 22.5. The zero-order valence-electron chi connectivity index (χ0n) is 17.4. The smallest absolute Gasteiger partial charge is 0.310 e. The van der Waals surface area contributed by atoms with Crippen molar-refractivity contribution in [1.82, 2.24) is 9.80 Å². The van der Waals surface area contributed by atoms with Crippen molar-refractivity contribution in [2.24, 2.45) is 0 Å². The van der Waals surface area contributed by atoms with Crippen LogP contribution in [0.15, 0.2) is 42.5 Å². The first-order valence-electron chi connectivity index (χ1n) is 9.93. The van der Waals surface area contributed by atoms with Gasteiger partial charge in [0.1, 0.15) is 12.1 Å². The van der Waals surface area contributed by atoms with Crippen molar-refractivity contribution in [3.63, 3.8) is 0 Å². The quantitative estimate of drug-likeness (QED) is 0.382. The molecule has 0 unspecified atom stereocenters. The van der Waals surface area contributed by atoms with E-state index in [2.05, 4.69) is 4.90 Å². The van der Waals surface area contributed by atoms with Gasteiger partial charge in [0.25, 0.3) is 5.91 Å². The number of benzene rings is 2. The van der Waals surface area contributed by atoms with Crippen LogP contribution >= 0.6 is 0 Å². The van der Waals surface area contributed by atoms with Crippen molar-refractivity contribution in [1.29, 1.82) is 0 Å². The van der Waals surface area contributed by atoms with Gasteiger partial charge in [-0.25, -0.2) is 4.39 Å². The summed E-state index contributed by atoms with van der Waals surface area (Å²) in [6.07, 6.45) is 0.558. The van der Waals surface area contributed by atoms with Gasteiger partial charge in [-0.2, -0.15) is 0 Å². The Morgan fingerprint density at radius 2 is 1.90 bits per heavy atom. The van der Waals surface area contributed by atoms with E-state index in [-0.39, 0.29) is 47.4 Å². The molecular formula is C22H24FN3O5. The summed E-state index contributed by atoms with van der Waals surface area (Å²) in [4.78, 5) is 38.2. The first-order chi connectivity index (χ1) is 14.8. The molecule has 0 radical (unpaired) electrons. The lowest BCUT2D eigenvalue weighted by Gasteiger charge is -2.44. The second-order valence-electron chi connectivity index (χ2n) is 7.69. The van der Waals surface area contributed by atoms with E-state index in [1.807, 2.05) is 13.8 Å². The fourth-order valence-corrected chi connectivity index (χ4v) is 3.68. The van der Waals surface area contributed by atoms with Gasteiger partial charge < -0.3 is 9.64 Å². The molecule has 2 atom stereocenters. The van der Waals surface area contributed by atoms with Gasteiger partial charge in [0.2, 0.25) is 0 Å². The third-order valence-corrected chi connectivity index (χ3v) is 5.40. The Morgan fingerprint density at radius 3 is 2.55 bits per heavy atom. The number of ether oxygens (including phenoxy) is 1. The van der Waals surface area contributed by atoms with Crippen molar-refractivity contribution >= 4 is 17.9 Å². The summed E-state index contributed by atoms with van der Waals surface area (Å²) in [6.45, 7) is 5.32. The largest absolute Gasteiger partial charge is 0.477 e. The Morgan fingerprint density at radius 1 is 1.19 bits per heavy atom. The molecule has 0 bridgehead atoms. The molecule has 0 aromatic heterocycles. The molecule has 1 aliphatic rings. The predicted molar refractivity (Wildman–Crippen MR) is 111 cm³/mol. The van der Waals surface area contributed by atoms with Crippen molar-refractivity contribution < 1.29 is 23.6 Å². The van der Waals surface area contributed by atoms with E-state index < -0.39 is 4.92 Å². The van der Waals surface area contributed by atoms with E-state index in [9.17, 15) is 24.1 Å². The molecule has 1 aliphatic heterocycles. The van der Waals surface area contributed by atoms with E-state index >= 15 is 0 Å². The standard InChI is InChI=1S/C22H24FN3O5/c1-15-11-25(16(2)10-24(15)12-17-3-6-19(23)7-4-17)22(28)14-31-21-9-18(13-27)5-8-20(21)26(29)30/h3-9,13,15-16H,10-12,14H2,1-2H3/t15-,16+/m1/s1. The molecule has 0 N–H and O–H groups in total. The molecule has 2 aromatic carbocycles. The molecule has 1 saturated heterocycles. The minimum absolute atomic E-state index is 0.0675. The van der Waals surface area contributed by atoms with Gasteiger partial charge >= 0.3 is 5.69 Å². The summed E-state index contributed by atoms with van der Waals surface area (Å²) in [7, 11) is 0. The van der Waals surface area contributed by atoms with E-state index in [0.29, 0.717) is 25.9 Å². The van der Waals surface area contributed by atoms with Gasteiger partial charge in [0, 0.05) is 43.3 Å². The van der Waals surface area contributed by atoms with Crippen molar-refractivity contribution in [3.8, 4) is 5.75 Å². The van der Waals surface area contributed by atoms with Gasteiger partial charge in [-0.1, -0.05) is 12.1 Å². The monoisotopic (exact) mass is 429 g/mol. The second kappa shape index (κ2) is 9.65. The number of nitro benzene ring substituents is 1. The second-order valence-corrected chi connectivity index (χ2v) is 7.69. The Hall–Kier alpha value is -3.33. The lowest BCUT2D eigenvalue weighted by atomic mass is 10.1. The predicted octanol–water partition coefficient (Wildman–Crippen LogP) is 3.05. The number of hydrogen-bond acceptors (Lipinski definition) is 6. The number of halogens is 1. The van der Waals surface area contributed by atoms with Crippen LogP contribution in [0.2, 0.25) is 0 Å². The van der Waals surface area contributed by atoms with Crippen LogP contribution in [0.25, 0.3) is 0 Å². The van der Waals surface area contributed by atoms with Gasteiger partial charge in [-0.3, -0.25) is 24.6 Å². The van der Waals surface area contributed by atoms with Crippen molar-refractivity contribution in [2.45, 2.75) is 32.5 Å². The highest BCUT2D eigenvalue weighted by atomic mass is 19.1. The lowest BCUT2D eigenvalue weighted by Crippen LogP contribution is -2.58.